The van der Waals surface area contributed by atoms with Crippen LogP contribution in [0.5, 0.6) is 0 Å². The predicted octanol–water partition coefficient (Wildman–Crippen LogP) is 5.55. The number of anilines is 2. The number of nitrogens with one attached hydrogen (secondary N) is 3. The molecule has 2 fully saturated rings. The molecule has 12 nitrogen and oxygen atoms in total. The van der Waals surface area contributed by atoms with Crippen molar-refractivity contribution in [2.24, 2.45) is 11.6 Å². The predicted molar refractivity (Wildman–Crippen MR) is 203 cm³/mol. The maximum absolute atomic E-state index is 14.4. The molecule has 3 heterocycles. The van der Waals surface area contributed by atoms with Gasteiger partial charge in [0.25, 0.3) is 6.47 Å². The van der Waals surface area contributed by atoms with E-state index in [0.29, 0.717) is 35.1 Å². The van der Waals surface area contributed by atoms with Crippen molar-refractivity contribution in [3.63, 3.8) is 0 Å². The van der Waals surface area contributed by atoms with Gasteiger partial charge in [0.15, 0.2) is 0 Å². The number of halogens is 2. The van der Waals surface area contributed by atoms with E-state index in [9.17, 15) is 9.18 Å². The average Bonchev–Trinajstić information content (AvgIpc) is 3.67. The molecule has 274 valence electrons. The van der Waals surface area contributed by atoms with E-state index in [1.165, 1.54) is 30.3 Å². The summed E-state index contributed by atoms with van der Waals surface area (Å²) in [4.78, 5) is 36.1. The number of likely N-dealkylation sites (tertiary alicyclic amines) is 2. The van der Waals surface area contributed by atoms with E-state index in [0.717, 1.165) is 61.2 Å². The summed E-state index contributed by atoms with van der Waals surface area (Å²) in [6.07, 6.45) is 8.53. The molecule has 2 aliphatic rings. The first kappa shape index (κ1) is 38.2. The molecule has 6 rings (SSSR count). The molecule has 2 saturated heterocycles. The summed E-state index contributed by atoms with van der Waals surface area (Å²) in [6, 6.07) is 19.5. The number of hydrogen-bond donors (Lipinski definition) is 5. The highest BCUT2D eigenvalue weighted by Gasteiger charge is 2.43. The molecular weight excluding hydrogens is 685 g/mol. The minimum Gasteiger partial charge on any atom is -0.471 e. The van der Waals surface area contributed by atoms with Gasteiger partial charge in [-0.15, -0.1) is 0 Å². The third-order valence-corrected chi connectivity index (χ3v) is 9.83. The number of piperidine rings is 2. The van der Waals surface area contributed by atoms with Crippen LogP contribution in [-0.2, 0) is 14.3 Å². The highest BCUT2D eigenvalue weighted by atomic mass is 35.5. The molecule has 3 atom stereocenters. The zero-order chi connectivity index (χ0) is 37.2. The number of amides is 1. The van der Waals surface area contributed by atoms with Crippen LogP contribution in [0.4, 0.5) is 15.8 Å². The SMILES string of the molecule is CNc1ccc(-c2cnc(C3C(c4ccc(F)cc4)CC(N4CCC(N)CC4)CN3C(=O)/C=C/c3cc(Cl)ccc3N(N)C=N)[nH]2)cc1.COC=O. The summed E-state index contributed by atoms with van der Waals surface area (Å²) in [6.45, 7) is 2.54. The molecule has 3 aromatic carbocycles. The number of carbonyl (C=O) groups excluding carboxylic acids is 2. The maximum atomic E-state index is 14.4. The molecule has 3 unspecified atom stereocenters. The number of benzene rings is 3. The average molecular weight is 730 g/mol. The van der Waals surface area contributed by atoms with Gasteiger partial charge in [0, 0.05) is 53.9 Å². The molecule has 1 aromatic heterocycles. The minimum absolute atomic E-state index is 0.0591. The number of methoxy groups -OCH3 is 1. The largest absolute Gasteiger partial charge is 0.471 e. The third kappa shape index (κ3) is 9.22. The number of carbonyl (C=O) groups is 2. The number of ether oxygens (including phenoxy) is 1. The van der Waals surface area contributed by atoms with E-state index >= 15 is 0 Å². The molecule has 14 heteroatoms. The summed E-state index contributed by atoms with van der Waals surface area (Å²) < 4.78 is 18.0. The lowest BCUT2D eigenvalue weighted by atomic mass is 9.80. The van der Waals surface area contributed by atoms with Crippen LogP contribution in [0.25, 0.3) is 17.3 Å². The fourth-order valence-corrected chi connectivity index (χ4v) is 7.05. The van der Waals surface area contributed by atoms with E-state index in [2.05, 4.69) is 19.9 Å². The number of aromatic amines is 1. The summed E-state index contributed by atoms with van der Waals surface area (Å²) >= 11 is 6.31. The third-order valence-electron chi connectivity index (χ3n) is 9.59. The van der Waals surface area contributed by atoms with Gasteiger partial charge in [-0.3, -0.25) is 24.9 Å². The second-order valence-electron chi connectivity index (χ2n) is 12.8. The fourth-order valence-electron chi connectivity index (χ4n) is 6.87. The topological polar surface area (TPSA) is 170 Å². The number of rotatable bonds is 10. The summed E-state index contributed by atoms with van der Waals surface area (Å²) in [7, 11) is 3.19. The van der Waals surface area contributed by atoms with Crippen LogP contribution in [-0.4, -0.2) is 84.4 Å². The molecule has 0 aliphatic carbocycles. The number of H-pyrrole nitrogens is 1. The van der Waals surface area contributed by atoms with E-state index in [1.54, 1.807) is 30.5 Å². The van der Waals surface area contributed by atoms with Crippen LogP contribution < -0.4 is 21.9 Å². The van der Waals surface area contributed by atoms with Crippen LogP contribution in [0, 0.1) is 11.2 Å². The van der Waals surface area contributed by atoms with E-state index in [-0.39, 0.29) is 29.7 Å². The zero-order valence-electron chi connectivity index (χ0n) is 29.2. The molecular formula is C38H45ClFN9O3. The smallest absolute Gasteiger partial charge is 0.292 e. The van der Waals surface area contributed by atoms with Crippen molar-refractivity contribution in [1.29, 1.82) is 5.41 Å². The molecule has 0 bridgehead atoms. The molecule has 1 amide bonds. The van der Waals surface area contributed by atoms with Gasteiger partial charge in [-0.25, -0.2) is 15.2 Å². The van der Waals surface area contributed by atoms with E-state index < -0.39 is 6.04 Å². The lowest BCUT2D eigenvalue weighted by Gasteiger charge is -2.48. The molecule has 4 aromatic rings. The molecule has 2 aliphatic heterocycles. The van der Waals surface area contributed by atoms with Gasteiger partial charge in [0.1, 0.15) is 18.0 Å². The Morgan fingerprint density at radius 1 is 1.13 bits per heavy atom. The maximum Gasteiger partial charge on any atom is 0.292 e. The highest BCUT2D eigenvalue weighted by Crippen LogP contribution is 2.44. The highest BCUT2D eigenvalue weighted by molar-refractivity contribution is 6.30. The first-order valence-electron chi connectivity index (χ1n) is 17.0. The van der Waals surface area contributed by atoms with E-state index in [4.69, 9.17) is 38.4 Å². The number of imidazole rings is 1. The van der Waals surface area contributed by atoms with Crippen molar-refractivity contribution in [2.75, 3.05) is 44.1 Å². The lowest BCUT2D eigenvalue weighted by molar-refractivity contribution is -0.132. The Bertz CT molecular complexity index is 1830. The van der Waals surface area contributed by atoms with Crippen LogP contribution in [0.2, 0.25) is 5.02 Å². The molecule has 0 radical (unpaired) electrons. The number of nitrogens with zero attached hydrogens (tertiary/aromatic N) is 4. The first-order chi connectivity index (χ1) is 25.1. The van der Waals surface area contributed by atoms with Gasteiger partial charge in [0.2, 0.25) is 5.91 Å². The Morgan fingerprint density at radius 3 is 2.46 bits per heavy atom. The van der Waals surface area contributed by atoms with Crippen molar-refractivity contribution < 1.29 is 18.7 Å². The zero-order valence-corrected chi connectivity index (χ0v) is 30.0. The van der Waals surface area contributed by atoms with Crippen molar-refractivity contribution in [1.82, 2.24) is 19.8 Å². The van der Waals surface area contributed by atoms with Gasteiger partial charge in [-0.2, -0.15) is 0 Å². The van der Waals surface area contributed by atoms with Gasteiger partial charge in [0.05, 0.1) is 30.7 Å². The summed E-state index contributed by atoms with van der Waals surface area (Å²) in [5.74, 6) is 5.96. The number of hydrogen-bond acceptors (Lipinski definition) is 9. The Hall–Kier alpha value is -5.08. The quantitative estimate of drug-likeness (QED) is 0.0351. The van der Waals surface area contributed by atoms with Gasteiger partial charge >= 0.3 is 0 Å². The monoisotopic (exact) mass is 729 g/mol. The lowest BCUT2D eigenvalue weighted by Crippen LogP contribution is -2.55. The van der Waals surface area contributed by atoms with Crippen LogP contribution in [0.15, 0.2) is 79.0 Å². The molecule has 7 N–H and O–H groups in total. The minimum atomic E-state index is -0.465. The van der Waals surface area contributed by atoms with Crippen LogP contribution in [0.3, 0.4) is 0 Å². The number of nitrogens with two attached hydrogens (primary N) is 2. The second-order valence-corrected chi connectivity index (χ2v) is 13.2. The number of aromatic nitrogens is 2. The Balaban J connectivity index is 0.00000124. The van der Waals surface area contributed by atoms with Crippen molar-refractivity contribution in [3.8, 4) is 11.3 Å². The van der Waals surface area contributed by atoms with Gasteiger partial charge in [-0.05, 0) is 92.0 Å². The summed E-state index contributed by atoms with van der Waals surface area (Å²) in [5.41, 5.74) is 11.1. The first-order valence-corrected chi connectivity index (χ1v) is 17.4. The fraction of sp³-hybridized carbons (Fsp3) is 0.316. The normalized spacial score (nSPS) is 19.4. The standard InChI is InChI=1S/C36H41ClFN9O.C2H4O2/c1-42-29-10-4-24(5-11-29)32-20-43-36(44-32)35-31(23-2-8-27(38)9-3-23)19-30(45-16-14-28(40)15-17-45)21-46(35)34(48)13-6-25-18-26(37)7-12-33(25)47(41)22-39;1-4-2-3/h2-13,18,20,22,28,30-31,35,39,42H,14-17,19,21,40-41H2,1H3,(H,43,44);2H,1H3/b13-6+,39-22?;. The Morgan fingerprint density at radius 2 is 1.83 bits per heavy atom. The van der Waals surface area contributed by atoms with Crippen molar-refractivity contribution in [2.45, 2.75) is 43.3 Å². The Kier molecular flexibility index (Phi) is 13.1. The van der Waals surface area contributed by atoms with Crippen LogP contribution in [0.1, 0.15) is 48.2 Å². The molecule has 0 saturated carbocycles. The Labute approximate surface area is 308 Å². The van der Waals surface area contributed by atoms with Crippen molar-refractivity contribution >= 4 is 47.8 Å². The van der Waals surface area contributed by atoms with Gasteiger partial charge < -0.3 is 25.7 Å². The molecule has 52 heavy (non-hydrogen) atoms. The second kappa shape index (κ2) is 17.9. The molecule has 0 spiro atoms. The van der Waals surface area contributed by atoms with Crippen LogP contribution >= 0.6 is 11.6 Å². The van der Waals surface area contributed by atoms with Gasteiger partial charge in [-0.1, -0.05) is 35.9 Å². The van der Waals surface area contributed by atoms with Crippen molar-refractivity contribution in [3.05, 3.63) is 107 Å². The summed E-state index contributed by atoms with van der Waals surface area (Å²) in [5, 5.41) is 12.4. The number of hydrazine groups is 1. The van der Waals surface area contributed by atoms with E-state index in [1.807, 2.05) is 48.3 Å².